The second-order valence-electron chi connectivity index (χ2n) is 4.05. The Labute approximate surface area is 105 Å². The van der Waals surface area contributed by atoms with Gasteiger partial charge in [-0.05, 0) is 18.2 Å². The number of phenolic OH excluding ortho intramolecular Hbond substituents is 1. The van der Waals surface area contributed by atoms with Crippen molar-refractivity contribution in [3.8, 4) is 5.75 Å². The summed E-state index contributed by atoms with van der Waals surface area (Å²) in [4.78, 5) is 4.23. The van der Waals surface area contributed by atoms with Crippen LogP contribution in [0.25, 0.3) is 5.65 Å². The van der Waals surface area contributed by atoms with E-state index < -0.39 is 0 Å². The number of aromatic nitrogens is 2. The third-order valence-corrected chi connectivity index (χ3v) is 2.88. The fraction of sp³-hybridized carbons (Fsp3) is 0.0714. The van der Waals surface area contributed by atoms with Crippen LogP contribution in [-0.4, -0.2) is 14.5 Å². The summed E-state index contributed by atoms with van der Waals surface area (Å²) in [5, 5.41) is 13.0. The van der Waals surface area contributed by atoms with Gasteiger partial charge < -0.3 is 10.4 Å². The van der Waals surface area contributed by atoms with Crippen LogP contribution in [0, 0.1) is 0 Å². The Balaban J connectivity index is 1.85. The van der Waals surface area contributed by atoms with E-state index in [4.69, 9.17) is 0 Å². The zero-order valence-corrected chi connectivity index (χ0v) is 9.74. The van der Waals surface area contributed by atoms with Crippen molar-refractivity contribution in [1.29, 1.82) is 0 Å². The lowest BCUT2D eigenvalue weighted by molar-refractivity contribution is 0.469. The molecule has 2 heterocycles. The molecule has 4 heteroatoms. The predicted octanol–water partition coefficient (Wildman–Crippen LogP) is 2.65. The first-order valence-corrected chi connectivity index (χ1v) is 5.77. The molecule has 0 spiro atoms. The van der Waals surface area contributed by atoms with Crippen LogP contribution in [-0.2, 0) is 6.54 Å². The number of rotatable bonds is 3. The van der Waals surface area contributed by atoms with E-state index in [9.17, 15) is 5.11 Å². The predicted molar refractivity (Wildman–Crippen MR) is 70.6 cm³/mol. The van der Waals surface area contributed by atoms with E-state index in [0.29, 0.717) is 12.3 Å². The molecule has 0 unspecified atom stereocenters. The number of benzene rings is 1. The lowest BCUT2D eigenvalue weighted by Gasteiger charge is -2.09. The van der Waals surface area contributed by atoms with Gasteiger partial charge in [-0.2, -0.15) is 0 Å². The Bertz CT molecular complexity index is 675. The molecule has 0 radical (unpaired) electrons. The molecule has 0 aliphatic carbocycles. The number of anilines is 1. The Morgan fingerprint density at radius 3 is 2.89 bits per heavy atom. The third kappa shape index (κ3) is 1.88. The quantitative estimate of drug-likeness (QED) is 0.738. The van der Waals surface area contributed by atoms with Gasteiger partial charge in [0.2, 0.25) is 0 Å². The summed E-state index contributed by atoms with van der Waals surface area (Å²) < 4.78 is 1.97. The molecule has 2 N–H and O–H groups in total. The summed E-state index contributed by atoms with van der Waals surface area (Å²) in [6.07, 6.45) is 3.67. The van der Waals surface area contributed by atoms with Crippen LogP contribution in [0.5, 0.6) is 5.75 Å². The molecule has 3 rings (SSSR count). The Kier molecular flexibility index (Phi) is 2.61. The number of hydrogen-bond donors (Lipinski definition) is 2. The Morgan fingerprint density at radius 1 is 1.11 bits per heavy atom. The zero-order chi connectivity index (χ0) is 12.4. The molecule has 4 nitrogen and oxygen atoms in total. The summed E-state index contributed by atoms with van der Waals surface area (Å²) in [6.45, 7) is 0.573. The highest BCUT2D eigenvalue weighted by molar-refractivity contribution is 5.50. The van der Waals surface area contributed by atoms with E-state index in [1.165, 1.54) is 0 Å². The smallest absolute Gasteiger partial charge is 0.138 e. The highest BCUT2D eigenvalue weighted by Crippen LogP contribution is 2.18. The van der Waals surface area contributed by atoms with Crippen LogP contribution >= 0.6 is 0 Å². The van der Waals surface area contributed by atoms with Gasteiger partial charge in [-0.15, -0.1) is 0 Å². The average molecular weight is 239 g/mol. The van der Waals surface area contributed by atoms with Crippen LogP contribution in [0.1, 0.15) is 5.56 Å². The molecule has 0 saturated carbocycles. The first-order valence-electron chi connectivity index (χ1n) is 5.77. The standard InChI is InChI=1S/C14H13N3O/c18-12-5-2-1-4-11(12)10-16-14-7-3-6-13-15-8-9-17(13)14/h1-9,16,18H,10H2. The minimum atomic E-state index is 0.308. The van der Waals surface area contributed by atoms with Crippen molar-refractivity contribution in [2.45, 2.75) is 6.54 Å². The van der Waals surface area contributed by atoms with E-state index in [1.54, 1.807) is 12.3 Å². The molecule has 0 aliphatic heterocycles. The fourth-order valence-electron chi connectivity index (χ4n) is 1.94. The number of imidazole rings is 1. The van der Waals surface area contributed by atoms with Gasteiger partial charge in [-0.1, -0.05) is 24.3 Å². The van der Waals surface area contributed by atoms with Gasteiger partial charge in [0.25, 0.3) is 0 Å². The van der Waals surface area contributed by atoms with Gasteiger partial charge in [-0.3, -0.25) is 4.40 Å². The normalized spacial score (nSPS) is 10.7. The highest BCUT2D eigenvalue weighted by Gasteiger charge is 2.02. The lowest BCUT2D eigenvalue weighted by Crippen LogP contribution is -2.03. The van der Waals surface area contributed by atoms with Crippen molar-refractivity contribution >= 4 is 11.5 Å². The summed E-state index contributed by atoms with van der Waals surface area (Å²) in [7, 11) is 0. The second-order valence-corrected chi connectivity index (χ2v) is 4.05. The van der Waals surface area contributed by atoms with Gasteiger partial charge in [0.15, 0.2) is 0 Å². The number of nitrogens with one attached hydrogen (secondary N) is 1. The first-order chi connectivity index (χ1) is 8.84. The monoisotopic (exact) mass is 239 g/mol. The van der Waals surface area contributed by atoms with E-state index in [0.717, 1.165) is 17.0 Å². The number of para-hydroxylation sites is 1. The molecule has 1 aromatic carbocycles. The van der Waals surface area contributed by atoms with E-state index >= 15 is 0 Å². The van der Waals surface area contributed by atoms with Gasteiger partial charge >= 0.3 is 0 Å². The van der Waals surface area contributed by atoms with Crippen LogP contribution in [0.3, 0.4) is 0 Å². The molecule has 3 aromatic rings. The minimum absolute atomic E-state index is 0.308. The maximum absolute atomic E-state index is 9.70. The van der Waals surface area contributed by atoms with Crippen LogP contribution in [0.15, 0.2) is 54.9 Å². The van der Waals surface area contributed by atoms with Crippen LogP contribution < -0.4 is 5.32 Å². The number of pyridine rings is 1. The van der Waals surface area contributed by atoms with Gasteiger partial charge in [0.1, 0.15) is 17.2 Å². The topological polar surface area (TPSA) is 49.6 Å². The summed E-state index contributed by atoms with van der Waals surface area (Å²) in [6, 6.07) is 13.2. The molecule has 0 fully saturated rings. The Hall–Kier alpha value is -2.49. The number of nitrogens with zero attached hydrogens (tertiary/aromatic N) is 2. The van der Waals surface area contributed by atoms with Gasteiger partial charge in [-0.25, -0.2) is 4.98 Å². The van der Waals surface area contributed by atoms with Crippen molar-refractivity contribution < 1.29 is 5.11 Å². The maximum atomic E-state index is 9.70. The van der Waals surface area contributed by atoms with Crippen molar-refractivity contribution in [2.24, 2.45) is 0 Å². The lowest BCUT2D eigenvalue weighted by atomic mass is 10.2. The molecule has 0 atom stereocenters. The SMILES string of the molecule is Oc1ccccc1CNc1cccc2nccn12. The van der Waals surface area contributed by atoms with Gasteiger partial charge in [0, 0.05) is 24.5 Å². The number of aromatic hydroxyl groups is 1. The second kappa shape index (κ2) is 4.41. The molecule has 0 bridgehead atoms. The summed E-state index contributed by atoms with van der Waals surface area (Å²) >= 11 is 0. The average Bonchev–Trinajstić information content (AvgIpc) is 2.86. The molecule has 0 saturated heterocycles. The molecule has 0 amide bonds. The van der Waals surface area contributed by atoms with Gasteiger partial charge in [0.05, 0.1) is 0 Å². The van der Waals surface area contributed by atoms with Crippen LogP contribution in [0.4, 0.5) is 5.82 Å². The molecule has 90 valence electrons. The van der Waals surface area contributed by atoms with E-state index in [-0.39, 0.29) is 0 Å². The molecular weight excluding hydrogens is 226 g/mol. The zero-order valence-electron chi connectivity index (χ0n) is 9.74. The van der Waals surface area contributed by atoms with E-state index in [2.05, 4.69) is 10.3 Å². The van der Waals surface area contributed by atoms with Crippen molar-refractivity contribution in [3.05, 3.63) is 60.4 Å². The fourth-order valence-corrected chi connectivity index (χ4v) is 1.94. The molecule has 0 aliphatic rings. The maximum Gasteiger partial charge on any atom is 0.138 e. The van der Waals surface area contributed by atoms with Crippen molar-refractivity contribution in [2.75, 3.05) is 5.32 Å². The minimum Gasteiger partial charge on any atom is -0.508 e. The number of phenols is 1. The van der Waals surface area contributed by atoms with E-state index in [1.807, 2.05) is 47.0 Å². The number of hydrogen-bond acceptors (Lipinski definition) is 3. The van der Waals surface area contributed by atoms with Crippen molar-refractivity contribution in [1.82, 2.24) is 9.38 Å². The summed E-state index contributed by atoms with van der Waals surface area (Å²) in [5.41, 5.74) is 1.77. The Morgan fingerprint density at radius 2 is 2.00 bits per heavy atom. The molecular formula is C14H13N3O. The first kappa shape index (κ1) is 10.7. The van der Waals surface area contributed by atoms with Crippen molar-refractivity contribution in [3.63, 3.8) is 0 Å². The van der Waals surface area contributed by atoms with Crippen LogP contribution in [0.2, 0.25) is 0 Å². The largest absolute Gasteiger partial charge is 0.508 e. The highest BCUT2D eigenvalue weighted by atomic mass is 16.3. The number of fused-ring (bicyclic) bond motifs is 1. The third-order valence-electron chi connectivity index (χ3n) is 2.88. The summed E-state index contributed by atoms with van der Waals surface area (Å²) in [5.74, 6) is 1.26. The molecule has 18 heavy (non-hydrogen) atoms. The molecule has 2 aromatic heterocycles.